The molecule has 25 heavy (non-hydrogen) atoms. The van der Waals surface area contributed by atoms with Crippen molar-refractivity contribution in [2.45, 2.75) is 18.8 Å². The van der Waals surface area contributed by atoms with Crippen LogP contribution in [0.1, 0.15) is 17.2 Å². The molecule has 1 amide bonds. The highest BCUT2D eigenvalue weighted by Crippen LogP contribution is 2.18. The molecular weight excluding hydrogens is 328 g/mol. The van der Waals surface area contributed by atoms with Crippen LogP contribution in [0.15, 0.2) is 48.7 Å². The van der Waals surface area contributed by atoms with Gasteiger partial charge in [-0.25, -0.2) is 14.6 Å². The number of alkyl carbamates (subject to hydrolysis) is 1. The Hall–Kier alpha value is -3.13. The molecule has 2 rings (SSSR count). The minimum absolute atomic E-state index is 0.0147. The molecule has 0 aliphatic carbocycles. The van der Waals surface area contributed by atoms with Crippen LogP contribution >= 0.6 is 0 Å². The molecule has 0 aliphatic rings. The van der Waals surface area contributed by atoms with Gasteiger partial charge in [0.25, 0.3) is 0 Å². The molecule has 0 radical (unpaired) electrons. The molecule has 0 fully saturated rings. The summed E-state index contributed by atoms with van der Waals surface area (Å²) < 4.78 is 9.87. The lowest BCUT2D eigenvalue weighted by atomic mass is 10.0. The van der Waals surface area contributed by atoms with Gasteiger partial charge in [-0.05, 0) is 11.6 Å². The molecule has 0 saturated heterocycles. The number of ether oxygens (including phenoxy) is 2. The highest BCUT2D eigenvalue weighted by Gasteiger charge is 2.30. The number of aliphatic hydroxyl groups is 1. The Morgan fingerprint density at radius 3 is 2.48 bits per heavy atom. The molecule has 0 bridgehead atoms. The molecule has 1 aromatic heterocycles. The first-order valence-electron chi connectivity index (χ1n) is 7.39. The molecule has 0 aliphatic heterocycles. The van der Waals surface area contributed by atoms with E-state index in [2.05, 4.69) is 10.3 Å². The van der Waals surface area contributed by atoms with Crippen LogP contribution in [0.2, 0.25) is 0 Å². The lowest BCUT2D eigenvalue weighted by molar-refractivity contribution is -0.142. The van der Waals surface area contributed by atoms with Crippen LogP contribution in [0, 0.1) is 0 Å². The number of methoxy groups -OCH3 is 1. The first kappa shape index (κ1) is 18.2. The van der Waals surface area contributed by atoms with Crippen molar-refractivity contribution in [3.63, 3.8) is 0 Å². The van der Waals surface area contributed by atoms with Crippen LogP contribution in [0.25, 0.3) is 0 Å². The summed E-state index contributed by atoms with van der Waals surface area (Å²) in [6.07, 6.45) is -1.17. The van der Waals surface area contributed by atoms with E-state index in [4.69, 9.17) is 9.47 Å². The van der Waals surface area contributed by atoms with Crippen molar-refractivity contribution in [1.82, 2.24) is 10.3 Å². The molecule has 132 valence electrons. The fraction of sp³-hybridized carbons (Fsp3) is 0.235. The van der Waals surface area contributed by atoms with E-state index in [-0.39, 0.29) is 12.2 Å². The Balaban J connectivity index is 1.99. The minimum atomic E-state index is -1.58. The van der Waals surface area contributed by atoms with Crippen molar-refractivity contribution in [1.29, 1.82) is 0 Å². The van der Waals surface area contributed by atoms with Crippen LogP contribution in [-0.4, -0.2) is 40.4 Å². The molecule has 2 atom stereocenters. The number of amides is 1. The van der Waals surface area contributed by atoms with Crippen LogP contribution in [0.5, 0.6) is 5.88 Å². The zero-order valence-corrected chi connectivity index (χ0v) is 13.5. The van der Waals surface area contributed by atoms with Gasteiger partial charge in [-0.15, -0.1) is 0 Å². The number of benzene rings is 1. The molecule has 0 unspecified atom stereocenters. The van der Waals surface area contributed by atoms with Gasteiger partial charge >= 0.3 is 12.1 Å². The maximum atomic E-state index is 11.8. The number of hydrogen-bond donors (Lipinski definition) is 3. The Bertz CT molecular complexity index is 705. The number of carbonyl (C=O) groups excluding carboxylic acids is 1. The standard InChI is InChI=1S/C17H18N2O6/c1-24-13-8-7-12(9-18-13)15(20)14(16(21)22)19-17(23)25-10-11-5-3-2-4-6-11/h2-9,14-15,20H,10H2,1H3,(H,19,23)(H,21,22)/t14-,15+/m0/s1. The maximum absolute atomic E-state index is 11.8. The van der Waals surface area contributed by atoms with Crippen LogP contribution in [-0.2, 0) is 16.1 Å². The fourth-order valence-corrected chi connectivity index (χ4v) is 2.05. The SMILES string of the molecule is COc1ccc([C@@H](O)[C@H](NC(=O)OCc2ccccc2)C(=O)O)cn1. The van der Waals surface area contributed by atoms with Crippen LogP contribution in [0.3, 0.4) is 0 Å². The summed E-state index contributed by atoms with van der Waals surface area (Å²) in [5.74, 6) is -1.09. The number of aliphatic carboxylic acids is 1. The average Bonchev–Trinajstić information content (AvgIpc) is 2.64. The number of nitrogens with one attached hydrogen (secondary N) is 1. The average molecular weight is 346 g/mol. The van der Waals surface area contributed by atoms with E-state index in [0.717, 1.165) is 5.56 Å². The fourth-order valence-electron chi connectivity index (χ4n) is 2.05. The second kappa shape index (κ2) is 8.65. The number of aromatic nitrogens is 1. The van der Waals surface area contributed by atoms with Gasteiger partial charge in [0.1, 0.15) is 12.7 Å². The molecule has 1 heterocycles. The molecule has 0 saturated carbocycles. The van der Waals surface area contributed by atoms with Crippen LogP contribution < -0.4 is 10.1 Å². The Morgan fingerprint density at radius 1 is 1.20 bits per heavy atom. The third-order valence-corrected chi connectivity index (χ3v) is 3.38. The van der Waals surface area contributed by atoms with Crippen molar-refractivity contribution < 1.29 is 29.3 Å². The number of carboxylic acids is 1. The van der Waals surface area contributed by atoms with Gasteiger partial charge in [-0.3, -0.25) is 0 Å². The molecule has 8 heteroatoms. The van der Waals surface area contributed by atoms with E-state index in [1.165, 1.54) is 25.4 Å². The summed E-state index contributed by atoms with van der Waals surface area (Å²) in [5, 5.41) is 21.6. The predicted molar refractivity (Wildman–Crippen MR) is 86.9 cm³/mol. The molecule has 1 aromatic carbocycles. The molecule has 2 aromatic rings. The van der Waals surface area contributed by atoms with E-state index < -0.39 is 24.2 Å². The summed E-state index contributed by atoms with van der Waals surface area (Å²) in [7, 11) is 1.43. The van der Waals surface area contributed by atoms with Gasteiger partial charge in [-0.2, -0.15) is 0 Å². The summed E-state index contributed by atoms with van der Waals surface area (Å²) in [4.78, 5) is 27.1. The molecule has 0 spiro atoms. The minimum Gasteiger partial charge on any atom is -0.481 e. The second-order valence-corrected chi connectivity index (χ2v) is 5.10. The summed E-state index contributed by atoms with van der Waals surface area (Å²) in [6.45, 7) is -0.0147. The number of aliphatic hydroxyl groups excluding tert-OH is 1. The third kappa shape index (κ3) is 5.18. The quantitative estimate of drug-likeness (QED) is 0.695. The molecule has 8 nitrogen and oxygen atoms in total. The van der Waals surface area contributed by atoms with Gasteiger partial charge in [0.15, 0.2) is 6.04 Å². The number of carboxylic acid groups (broad SMARTS) is 1. The normalized spacial score (nSPS) is 12.7. The Morgan fingerprint density at radius 2 is 1.92 bits per heavy atom. The van der Waals surface area contributed by atoms with Gasteiger partial charge in [0.2, 0.25) is 5.88 Å². The van der Waals surface area contributed by atoms with E-state index in [0.29, 0.717) is 5.88 Å². The number of rotatable bonds is 7. The maximum Gasteiger partial charge on any atom is 0.408 e. The Kier molecular flexibility index (Phi) is 6.30. The van der Waals surface area contributed by atoms with E-state index >= 15 is 0 Å². The van der Waals surface area contributed by atoms with E-state index in [1.807, 2.05) is 6.07 Å². The van der Waals surface area contributed by atoms with Crippen molar-refractivity contribution in [2.24, 2.45) is 0 Å². The zero-order chi connectivity index (χ0) is 18.2. The third-order valence-electron chi connectivity index (χ3n) is 3.38. The highest BCUT2D eigenvalue weighted by atomic mass is 16.5. The number of carbonyl (C=O) groups is 2. The van der Waals surface area contributed by atoms with Crippen molar-refractivity contribution >= 4 is 12.1 Å². The van der Waals surface area contributed by atoms with Gasteiger partial charge < -0.3 is 25.0 Å². The first-order chi connectivity index (χ1) is 12.0. The van der Waals surface area contributed by atoms with Crippen molar-refractivity contribution in [3.05, 3.63) is 59.8 Å². The lowest BCUT2D eigenvalue weighted by Crippen LogP contribution is -2.45. The smallest absolute Gasteiger partial charge is 0.408 e. The first-order valence-corrected chi connectivity index (χ1v) is 7.39. The largest absolute Gasteiger partial charge is 0.481 e. The monoisotopic (exact) mass is 346 g/mol. The molecular formula is C17H18N2O6. The Labute approximate surface area is 144 Å². The second-order valence-electron chi connectivity index (χ2n) is 5.10. The summed E-state index contributed by atoms with van der Waals surface area (Å²) in [5.41, 5.74) is 0.973. The van der Waals surface area contributed by atoms with Gasteiger partial charge in [0.05, 0.1) is 7.11 Å². The topological polar surface area (TPSA) is 118 Å². The summed E-state index contributed by atoms with van der Waals surface area (Å²) in [6, 6.07) is 10.3. The lowest BCUT2D eigenvalue weighted by Gasteiger charge is -2.20. The van der Waals surface area contributed by atoms with Crippen LogP contribution in [0.4, 0.5) is 4.79 Å². The molecule has 3 N–H and O–H groups in total. The van der Waals surface area contributed by atoms with E-state index in [1.54, 1.807) is 24.3 Å². The zero-order valence-electron chi connectivity index (χ0n) is 13.5. The predicted octanol–water partition coefficient (Wildman–Crippen LogP) is 1.50. The number of nitrogens with zero attached hydrogens (tertiary/aromatic N) is 1. The summed E-state index contributed by atoms with van der Waals surface area (Å²) >= 11 is 0. The highest BCUT2D eigenvalue weighted by molar-refractivity contribution is 5.80. The van der Waals surface area contributed by atoms with Gasteiger partial charge in [-0.1, -0.05) is 30.3 Å². The van der Waals surface area contributed by atoms with Gasteiger partial charge in [0, 0.05) is 17.8 Å². The number of hydrogen-bond acceptors (Lipinski definition) is 6. The van der Waals surface area contributed by atoms with Crippen molar-refractivity contribution in [3.8, 4) is 5.88 Å². The van der Waals surface area contributed by atoms with Crippen molar-refractivity contribution in [2.75, 3.05) is 7.11 Å². The van der Waals surface area contributed by atoms with E-state index in [9.17, 15) is 19.8 Å². The number of pyridine rings is 1.